The molecule has 4 heterocycles. The molecule has 67 heavy (non-hydrogen) atoms. The molecule has 2 amide bonds. The van der Waals surface area contributed by atoms with Crippen molar-refractivity contribution in [3.05, 3.63) is 178 Å². The van der Waals surface area contributed by atoms with Crippen molar-refractivity contribution in [1.29, 1.82) is 0 Å². The van der Waals surface area contributed by atoms with Gasteiger partial charge in [0, 0.05) is 11.1 Å². The lowest BCUT2D eigenvalue weighted by Gasteiger charge is -2.12. The molecule has 3 N–H and O–H groups in total. The molecule has 0 atom stereocenters. The summed E-state index contributed by atoms with van der Waals surface area (Å²) in [7, 11) is 3.07. The predicted octanol–water partition coefficient (Wildman–Crippen LogP) is 13.0. The summed E-state index contributed by atoms with van der Waals surface area (Å²) in [4.78, 5) is 53.1. The molecule has 0 fully saturated rings. The van der Waals surface area contributed by atoms with Crippen LogP contribution in [0.25, 0.3) is 53.3 Å². The van der Waals surface area contributed by atoms with Crippen molar-refractivity contribution < 1.29 is 19.1 Å². The second-order valence-electron chi connectivity index (χ2n) is 15.2. The first-order valence-electron chi connectivity index (χ1n) is 21.7. The number of anilines is 1. The number of aromatic nitrogens is 3. The number of benzene rings is 6. The number of aromatic amines is 1. The number of hydrogen-bond acceptors (Lipinski definition) is 9. The Morgan fingerprint density at radius 3 is 1.64 bits per heavy atom. The van der Waals surface area contributed by atoms with E-state index in [4.69, 9.17) is 29.4 Å². The van der Waals surface area contributed by atoms with E-state index in [1.165, 1.54) is 36.9 Å². The number of nitrogens with one attached hydrogen (secondary N) is 3. The molecule has 10 rings (SSSR count). The number of amides is 2. The van der Waals surface area contributed by atoms with Gasteiger partial charge in [0.1, 0.15) is 39.0 Å². The van der Waals surface area contributed by atoms with Crippen LogP contribution in [-0.2, 0) is 0 Å². The third-order valence-corrected chi connectivity index (χ3v) is 13.3. The van der Waals surface area contributed by atoms with Crippen LogP contribution < -0.4 is 20.1 Å². The zero-order chi connectivity index (χ0) is 46.6. The standard InChI is InChI=1S/C52H39N7O4S2.C2H6/c1-29-17-5-7-19-31(29)41-43(51-53-35-23-11-15-27-39(35)64-51)47(58-49(60)33-21-9-13-25-37(33)62-3)56-45(41)55-46-42(32-20-8-6-18-30(32)2)44(52-54-36-24-12-16-28-40(36)65-52)48(57-46)59-50(61)34-22-10-14-26-38(34)63-4;1-2/h5-28,56H,1-4H3,(H,58,60)(H,55,57,59,61);1-2H3. The number of carbonyl (C=O) groups is 2. The van der Waals surface area contributed by atoms with Crippen molar-refractivity contribution in [2.24, 2.45) is 9.98 Å². The van der Waals surface area contributed by atoms with E-state index in [0.29, 0.717) is 72.4 Å². The fourth-order valence-electron chi connectivity index (χ4n) is 8.01. The fraction of sp³-hybridized carbons (Fsp3) is 0.111. The normalized spacial score (nSPS) is 12.8. The van der Waals surface area contributed by atoms with Gasteiger partial charge in [-0.3, -0.25) is 9.59 Å². The van der Waals surface area contributed by atoms with Crippen LogP contribution in [0.15, 0.2) is 156 Å². The molecule has 11 nitrogen and oxygen atoms in total. The average molecular weight is 920 g/mol. The molecule has 9 aromatic rings. The molecule has 6 aromatic carbocycles. The summed E-state index contributed by atoms with van der Waals surface area (Å²) in [5, 5.41) is 7.65. The summed E-state index contributed by atoms with van der Waals surface area (Å²) in [5.74, 6) is 1.44. The van der Waals surface area contributed by atoms with Crippen LogP contribution in [-0.4, -0.2) is 52.7 Å². The topological polar surface area (TPSA) is 143 Å². The first kappa shape index (κ1) is 44.2. The molecular weight excluding hydrogens is 875 g/mol. The Labute approximate surface area is 395 Å². The molecule has 0 unspecified atom stereocenters. The Morgan fingerprint density at radius 1 is 0.567 bits per heavy atom. The molecule has 0 saturated carbocycles. The lowest BCUT2D eigenvalue weighted by molar-refractivity contribution is 0.0973. The van der Waals surface area contributed by atoms with E-state index in [1.54, 1.807) is 36.4 Å². The number of para-hydroxylation sites is 4. The van der Waals surface area contributed by atoms with E-state index in [9.17, 15) is 9.59 Å². The number of aliphatic imine (C=N–C) groups is 2. The van der Waals surface area contributed by atoms with Gasteiger partial charge in [-0.1, -0.05) is 111 Å². The number of thiazole rings is 2. The van der Waals surface area contributed by atoms with Gasteiger partial charge in [0.15, 0.2) is 5.84 Å². The highest BCUT2D eigenvalue weighted by atomic mass is 32.1. The SMILES string of the molecule is CC.COc1ccccc1C(=O)NC1=N/C(=N\c2[nH]c(NC(=O)c3ccccc3OC)c(-c3nc4ccccc4s3)c2-c2ccccc2C)C(c2ccccc2C)=C1c1nc2ccccc2s1. The zero-order valence-electron chi connectivity index (χ0n) is 37.6. The lowest BCUT2D eigenvalue weighted by atomic mass is 9.96. The van der Waals surface area contributed by atoms with Crippen molar-refractivity contribution in [3.63, 3.8) is 0 Å². The van der Waals surface area contributed by atoms with Crippen LogP contribution in [0.1, 0.15) is 56.3 Å². The van der Waals surface area contributed by atoms with Crippen molar-refractivity contribution in [1.82, 2.24) is 20.3 Å². The minimum Gasteiger partial charge on any atom is -0.496 e. The van der Waals surface area contributed by atoms with E-state index >= 15 is 0 Å². The molecular formula is C54H45N7O4S2. The molecule has 0 bridgehead atoms. The largest absolute Gasteiger partial charge is 0.496 e. The van der Waals surface area contributed by atoms with E-state index in [0.717, 1.165) is 42.7 Å². The minimum absolute atomic E-state index is 0.275. The molecule has 1 aliphatic rings. The Bertz CT molecular complexity index is 3380. The van der Waals surface area contributed by atoms with Crippen LogP contribution >= 0.6 is 22.7 Å². The maximum Gasteiger partial charge on any atom is 0.260 e. The second kappa shape index (κ2) is 19.2. The molecule has 332 valence electrons. The van der Waals surface area contributed by atoms with E-state index in [2.05, 4.69) is 15.6 Å². The quantitative estimate of drug-likeness (QED) is 0.125. The number of hydrogen-bond donors (Lipinski definition) is 3. The summed E-state index contributed by atoms with van der Waals surface area (Å²) in [5.41, 5.74) is 8.63. The molecule has 13 heteroatoms. The number of rotatable bonds is 10. The molecule has 1 aliphatic heterocycles. The maximum atomic E-state index is 14.3. The van der Waals surface area contributed by atoms with Gasteiger partial charge in [-0.15, -0.1) is 22.7 Å². The minimum atomic E-state index is -0.412. The zero-order valence-corrected chi connectivity index (χ0v) is 39.2. The smallest absolute Gasteiger partial charge is 0.260 e. The van der Waals surface area contributed by atoms with Crippen molar-refractivity contribution in [2.45, 2.75) is 27.7 Å². The number of ether oxygens (including phenoxy) is 2. The third-order valence-electron chi connectivity index (χ3n) is 11.1. The monoisotopic (exact) mass is 919 g/mol. The van der Waals surface area contributed by atoms with E-state index in [-0.39, 0.29) is 11.7 Å². The van der Waals surface area contributed by atoms with Crippen LogP contribution in [0.5, 0.6) is 11.5 Å². The summed E-state index contributed by atoms with van der Waals surface area (Å²) >= 11 is 3.02. The van der Waals surface area contributed by atoms with E-state index < -0.39 is 5.91 Å². The molecule has 0 aliphatic carbocycles. The number of H-pyrrole nitrogens is 1. The van der Waals surface area contributed by atoms with E-state index in [1.807, 2.05) is 137 Å². The number of carbonyl (C=O) groups excluding carboxylic acids is 2. The van der Waals surface area contributed by atoms with Crippen LogP contribution in [0, 0.1) is 13.8 Å². The molecule has 0 radical (unpaired) electrons. The van der Waals surface area contributed by atoms with Crippen molar-refractivity contribution in [2.75, 3.05) is 19.5 Å². The Morgan fingerprint density at radius 2 is 1.06 bits per heavy atom. The summed E-state index contributed by atoms with van der Waals surface area (Å²) < 4.78 is 13.2. The Balaban J connectivity index is 0.00000278. The molecule has 0 saturated heterocycles. The third kappa shape index (κ3) is 8.53. The number of methoxy groups -OCH3 is 2. The van der Waals surface area contributed by atoms with Gasteiger partial charge in [-0.2, -0.15) is 0 Å². The van der Waals surface area contributed by atoms with Gasteiger partial charge in [0.05, 0.1) is 56.9 Å². The van der Waals surface area contributed by atoms with Crippen LogP contribution in [0.3, 0.4) is 0 Å². The highest BCUT2D eigenvalue weighted by Crippen LogP contribution is 2.49. The van der Waals surface area contributed by atoms with Crippen LogP contribution in [0.2, 0.25) is 0 Å². The number of aryl methyl sites for hydroxylation is 2. The van der Waals surface area contributed by atoms with Gasteiger partial charge in [-0.25, -0.2) is 20.0 Å². The number of nitrogens with zero attached hydrogens (tertiary/aromatic N) is 4. The van der Waals surface area contributed by atoms with Crippen molar-refractivity contribution >= 4 is 89.4 Å². The summed E-state index contributed by atoms with van der Waals surface area (Å²) in [6, 6.07) is 46.0. The maximum absolute atomic E-state index is 14.3. The van der Waals surface area contributed by atoms with Gasteiger partial charge in [-0.05, 0) is 84.6 Å². The van der Waals surface area contributed by atoms with Gasteiger partial charge in [0.2, 0.25) is 0 Å². The van der Waals surface area contributed by atoms with Gasteiger partial charge < -0.3 is 25.1 Å². The first-order chi connectivity index (χ1) is 32.8. The highest BCUT2D eigenvalue weighted by Gasteiger charge is 2.34. The van der Waals surface area contributed by atoms with Gasteiger partial charge in [0.25, 0.3) is 11.8 Å². The second-order valence-corrected chi connectivity index (χ2v) is 17.2. The predicted molar refractivity (Wildman–Crippen MR) is 274 cm³/mol. The van der Waals surface area contributed by atoms with Gasteiger partial charge >= 0.3 is 0 Å². The van der Waals surface area contributed by atoms with Crippen molar-refractivity contribution in [3.8, 4) is 33.2 Å². The molecule has 3 aromatic heterocycles. The summed E-state index contributed by atoms with van der Waals surface area (Å²) in [6.07, 6.45) is 0. The molecule has 0 spiro atoms. The highest BCUT2D eigenvalue weighted by molar-refractivity contribution is 7.21. The lowest BCUT2D eigenvalue weighted by Crippen LogP contribution is -2.31. The first-order valence-corrected chi connectivity index (χ1v) is 23.3. The number of amidine groups is 2. The average Bonchev–Trinajstić information content (AvgIpc) is 4.15. The number of fused-ring (bicyclic) bond motifs is 2. The van der Waals surface area contributed by atoms with Crippen LogP contribution in [0.4, 0.5) is 11.6 Å². The summed E-state index contributed by atoms with van der Waals surface area (Å²) in [6.45, 7) is 8.07. The fourth-order valence-corrected chi connectivity index (χ4v) is 10.1. The Kier molecular flexibility index (Phi) is 12.7. The Hall–Kier alpha value is -8.00.